The van der Waals surface area contributed by atoms with Crippen LogP contribution in [0.15, 0.2) is 46.0 Å². The second-order valence-electron chi connectivity index (χ2n) is 9.98. The number of thiophene rings is 1. The van der Waals surface area contributed by atoms with Crippen LogP contribution in [0.2, 0.25) is 0 Å². The molecule has 1 aromatic heterocycles. The van der Waals surface area contributed by atoms with E-state index in [4.69, 9.17) is 9.47 Å². The van der Waals surface area contributed by atoms with E-state index < -0.39 is 15.6 Å². The molecule has 2 fully saturated rings. The molecule has 0 spiro atoms. The Morgan fingerprint density at radius 1 is 1.16 bits per heavy atom. The van der Waals surface area contributed by atoms with Gasteiger partial charge in [-0.1, -0.05) is 18.2 Å². The van der Waals surface area contributed by atoms with E-state index in [1.165, 1.54) is 11.3 Å². The Morgan fingerprint density at radius 3 is 2.57 bits per heavy atom. The summed E-state index contributed by atoms with van der Waals surface area (Å²) in [5.41, 5.74) is 0.843. The van der Waals surface area contributed by atoms with Gasteiger partial charge in [-0.15, -0.1) is 11.3 Å². The summed E-state index contributed by atoms with van der Waals surface area (Å²) in [5.74, 6) is -0.257. The lowest BCUT2D eigenvalue weighted by atomic mass is 9.98. The predicted octanol–water partition coefficient (Wildman–Crippen LogP) is 2.51. The molecule has 2 atom stereocenters. The Labute approximate surface area is 223 Å². The van der Waals surface area contributed by atoms with Crippen LogP contribution in [0.4, 0.5) is 5.69 Å². The second-order valence-corrected chi connectivity index (χ2v) is 13.1. The van der Waals surface area contributed by atoms with E-state index in [0.29, 0.717) is 56.8 Å². The molecule has 0 bridgehead atoms. The number of aliphatic hydroxyl groups is 1. The SMILES string of the molecule is CCOC(=O)C[C@@H]1COCCN1C[C@H]1CN(S(=O)(=O)c2cccs2)CCN1c1ccc(C(C)(C)O)cc1. The summed E-state index contributed by atoms with van der Waals surface area (Å²) in [6.07, 6.45) is 0.234. The molecule has 2 aliphatic rings. The van der Waals surface area contributed by atoms with Gasteiger partial charge in [0.05, 0.1) is 37.9 Å². The maximum Gasteiger partial charge on any atom is 0.307 e. The van der Waals surface area contributed by atoms with Gasteiger partial charge in [0.1, 0.15) is 4.21 Å². The first-order chi connectivity index (χ1) is 17.6. The largest absolute Gasteiger partial charge is 0.466 e. The number of anilines is 1. The molecule has 2 aromatic rings. The van der Waals surface area contributed by atoms with Crippen molar-refractivity contribution >= 4 is 33.0 Å². The van der Waals surface area contributed by atoms with Crippen molar-refractivity contribution in [3.05, 3.63) is 47.3 Å². The summed E-state index contributed by atoms with van der Waals surface area (Å²) < 4.78 is 39.5. The third-order valence-corrected chi connectivity index (χ3v) is 10.2. The van der Waals surface area contributed by atoms with Gasteiger partial charge in [-0.05, 0) is 49.9 Å². The van der Waals surface area contributed by atoms with Gasteiger partial charge in [-0.25, -0.2) is 8.42 Å². The standard InChI is InChI=1S/C26H37N3O6S2/c1-4-35-24(30)16-22-19-34-14-13-27(22)17-23-18-28(37(32,33)25-6-5-15-36-25)11-12-29(23)21-9-7-20(8-10-21)26(2,3)31/h5-10,15,22-23,31H,4,11-14,16-19H2,1-3H3/t22-,23+/m1/s1. The first-order valence-corrected chi connectivity index (χ1v) is 15.0. The van der Waals surface area contributed by atoms with Gasteiger partial charge in [-0.2, -0.15) is 4.31 Å². The number of esters is 1. The summed E-state index contributed by atoms with van der Waals surface area (Å²) in [4.78, 5) is 16.7. The molecule has 2 saturated heterocycles. The maximum atomic E-state index is 13.4. The molecule has 2 aliphatic heterocycles. The van der Waals surface area contributed by atoms with Crippen LogP contribution in [0.1, 0.15) is 32.8 Å². The van der Waals surface area contributed by atoms with Crippen LogP contribution in [0, 0.1) is 0 Å². The number of rotatable bonds is 9. The molecule has 1 N–H and O–H groups in total. The first-order valence-electron chi connectivity index (χ1n) is 12.7. The zero-order valence-electron chi connectivity index (χ0n) is 21.7. The molecular formula is C26H37N3O6S2. The van der Waals surface area contributed by atoms with Crippen molar-refractivity contribution in [3.8, 4) is 0 Å². The van der Waals surface area contributed by atoms with Gasteiger partial charge in [0.25, 0.3) is 10.0 Å². The average molecular weight is 552 g/mol. The summed E-state index contributed by atoms with van der Waals surface area (Å²) in [5, 5.41) is 12.1. The zero-order chi connectivity index (χ0) is 26.6. The molecule has 0 aliphatic carbocycles. The van der Waals surface area contributed by atoms with Crippen molar-refractivity contribution in [1.29, 1.82) is 0 Å². The molecule has 0 saturated carbocycles. The number of carbonyl (C=O) groups excluding carboxylic acids is 1. The molecule has 4 rings (SSSR count). The van der Waals surface area contributed by atoms with Gasteiger partial charge >= 0.3 is 5.97 Å². The molecule has 1 aromatic carbocycles. The molecule has 11 heteroatoms. The lowest BCUT2D eigenvalue weighted by Gasteiger charge is -2.46. The minimum absolute atomic E-state index is 0.128. The Bertz CT molecular complexity index is 1130. The Hall–Kier alpha value is -2.02. The predicted molar refractivity (Wildman–Crippen MR) is 143 cm³/mol. The normalized spacial score (nSPS) is 22.2. The maximum absolute atomic E-state index is 13.4. The van der Waals surface area contributed by atoms with Crippen LogP contribution in [0.5, 0.6) is 0 Å². The second kappa shape index (κ2) is 11.8. The Balaban J connectivity index is 1.59. The minimum atomic E-state index is -3.59. The molecule has 0 radical (unpaired) electrons. The third kappa shape index (κ3) is 6.71. The fourth-order valence-corrected chi connectivity index (χ4v) is 7.55. The van der Waals surface area contributed by atoms with E-state index in [2.05, 4.69) is 9.80 Å². The smallest absolute Gasteiger partial charge is 0.307 e. The van der Waals surface area contributed by atoms with Crippen LogP contribution in [-0.2, 0) is 29.9 Å². The topological polar surface area (TPSA) is 99.6 Å². The number of sulfonamides is 1. The third-order valence-electron chi connectivity index (χ3n) is 6.94. The number of carbonyl (C=O) groups is 1. The lowest BCUT2D eigenvalue weighted by Crippen LogP contribution is -2.60. The number of benzene rings is 1. The van der Waals surface area contributed by atoms with E-state index in [-0.39, 0.29) is 24.5 Å². The van der Waals surface area contributed by atoms with Crippen molar-refractivity contribution in [3.63, 3.8) is 0 Å². The van der Waals surface area contributed by atoms with Crippen LogP contribution < -0.4 is 4.90 Å². The number of ether oxygens (including phenoxy) is 2. The van der Waals surface area contributed by atoms with Crippen LogP contribution in [0.3, 0.4) is 0 Å². The number of nitrogens with zero attached hydrogens (tertiary/aromatic N) is 3. The number of hydrogen-bond acceptors (Lipinski definition) is 9. The molecule has 0 unspecified atom stereocenters. The van der Waals surface area contributed by atoms with Crippen LogP contribution in [0.25, 0.3) is 0 Å². The van der Waals surface area contributed by atoms with E-state index in [0.717, 1.165) is 11.3 Å². The number of morpholine rings is 1. The van der Waals surface area contributed by atoms with Crippen LogP contribution >= 0.6 is 11.3 Å². The fraction of sp³-hybridized carbons (Fsp3) is 0.577. The van der Waals surface area contributed by atoms with Crippen molar-refractivity contribution < 1.29 is 27.8 Å². The van der Waals surface area contributed by atoms with Crippen molar-refractivity contribution in [2.45, 2.75) is 49.1 Å². The van der Waals surface area contributed by atoms with Gasteiger partial charge in [0.15, 0.2) is 0 Å². The number of piperazine rings is 1. The molecule has 204 valence electrons. The molecular weight excluding hydrogens is 514 g/mol. The van der Waals surface area contributed by atoms with E-state index in [1.807, 2.05) is 24.3 Å². The average Bonchev–Trinajstić information content (AvgIpc) is 3.41. The van der Waals surface area contributed by atoms with E-state index >= 15 is 0 Å². The summed E-state index contributed by atoms with van der Waals surface area (Å²) in [6.45, 7) is 9.09. The van der Waals surface area contributed by atoms with Crippen LogP contribution in [-0.4, -0.2) is 93.3 Å². The summed E-state index contributed by atoms with van der Waals surface area (Å²) >= 11 is 1.23. The molecule has 0 amide bonds. The molecule has 9 nitrogen and oxygen atoms in total. The monoisotopic (exact) mass is 551 g/mol. The lowest BCUT2D eigenvalue weighted by molar-refractivity contribution is -0.146. The van der Waals surface area contributed by atoms with Gasteiger partial charge in [0.2, 0.25) is 0 Å². The molecule has 3 heterocycles. The summed E-state index contributed by atoms with van der Waals surface area (Å²) in [6, 6.07) is 10.9. The number of hydrogen-bond donors (Lipinski definition) is 1. The van der Waals surface area contributed by atoms with Crippen molar-refractivity contribution in [2.24, 2.45) is 0 Å². The Morgan fingerprint density at radius 2 is 1.92 bits per heavy atom. The Kier molecular flexibility index (Phi) is 8.93. The molecule has 37 heavy (non-hydrogen) atoms. The van der Waals surface area contributed by atoms with E-state index in [1.54, 1.807) is 42.6 Å². The van der Waals surface area contributed by atoms with Gasteiger partial charge < -0.3 is 19.5 Å². The fourth-order valence-electron chi connectivity index (χ4n) is 4.94. The van der Waals surface area contributed by atoms with Gasteiger partial charge in [-0.3, -0.25) is 9.69 Å². The highest BCUT2D eigenvalue weighted by molar-refractivity contribution is 7.91. The highest BCUT2D eigenvalue weighted by Gasteiger charge is 2.37. The van der Waals surface area contributed by atoms with Crippen molar-refractivity contribution in [1.82, 2.24) is 9.21 Å². The first kappa shape index (κ1) is 28.0. The zero-order valence-corrected chi connectivity index (χ0v) is 23.3. The summed E-state index contributed by atoms with van der Waals surface area (Å²) in [7, 11) is -3.59. The minimum Gasteiger partial charge on any atom is -0.466 e. The van der Waals surface area contributed by atoms with Gasteiger partial charge in [0, 0.05) is 44.5 Å². The van der Waals surface area contributed by atoms with Crippen molar-refractivity contribution in [2.75, 3.05) is 57.4 Å². The highest BCUT2D eigenvalue weighted by atomic mass is 32.2. The highest BCUT2D eigenvalue weighted by Crippen LogP contribution is 2.29. The quantitative estimate of drug-likeness (QED) is 0.475. The van der Waals surface area contributed by atoms with E-state index in [9.17, 15) is 18.3 Å².